The molecule has 0 rings (SSSR count). The molecule has 3 heteroatoms. The molecule has 0 atom stereocenters. The van der Waals surface area contributed by atoms with Crippen LogP contribution in [0.3, 0.4) is 0 Å². The highest BCUT2D eigenvalue weighted by atomic mass is 32.1. The predicted octanol–water partition coefficient (Wildman–Crippen LogP) is -0.112. The van der Waals surface area contributed by atoms with Crippen molar-refractivity contribution in [2.75, 3.05) is 25.4 Å². The van der Waals surface area contributed by atoms with Gasteiger partial charge in [0.25, 0.3) is 0 Å². The Hall–Kier alpha value is 0.270. The van der Waals surface area contributed by atoms with Crippen molar-refractivity contribution in [3.8, 4) is 0 Å². The van der Waals surface area contributed by atoms with Crippen LogP contribution in [-0.2, 0) is 0 Å². The van der Waals surface area contributed by atoms with Crippen molar-refractivity contribution < 1.29 is 5.11 Å². The number of aliphatic hydroxyl groups excluding tert-OH is 1. The molecule has 50 valence electrons. The van der Waals surface area contributed by atoms with Crippen molar-refractivity contribution in [2.45, 2.75) is 6.42 Å². The summed E-state index contributed by atoms with van der Waals surface area (Å²) in [5.41, 5.74) is 0. The second-order valence-corrected chi connectivity index (χ2v) is 2.00. The Bertz CT molecular complexity index is 37.4. The van der Waals surface area contributed by atoms with E-state index in [1.54, 1.807) is 0 Å². The summed E-state index contributed by atoms with van der Waals surface area (Å²) >= 11 is 4.02. The quantitative estimate of drug-likeness (QED) is 0.363. The maximum atomic E-state index is 8.28. The van der Waals surface area contributed by atoms with Crippen LogP contribution in [0.15, 0.2) is 0 Å². The molecule has 2 nitrogen and oxygen atoms in total. The molecule has 0 amide bonds. The predicted molar refractivity (Wildman–Crippen MR) is 38.4 cm³/mol. The van der Waals surface area contributed by atoms with Gasteiger partial charge in [-0.2, -0.15) is 12.6 Å². The summed E-state index contributed by atoms with van der Waals surface area (Å²) in [5.74, 6) is 0.915. The largest absolute Gasteiger partial charge is 0.395 e. The zero-order valence-electron chi connectivity index (χ0n) is 4.93. The first kappa shape index (κ1) is 8.27. The second kappa shape index (κ2) is 7.27. The van der Waals surface area contributed by atoms with Gasteiger partial charge in [-0.3, -0.25) is 0 Å². The standard InChI is InChI=1S/C5H13NOS/c7-4-3-6-2-1-5-8/h6-8H,1-5H2. The lowest BCUT2D eigenvalue weighted by molar-refractivity contribution is 0.292. The monoisotopic (exact) mass is 135 g/mol. The highest BCUT2D eigenvalue weighted by molar-refractivity contribution is 7.80. The summed E-state index contributed by atoms with van der Waals surface area (Å²) < 4.78 is 0. The third-order valence-corrected chi connectivity index (χ3v) is 1.12. The zero-order valence-corrected chi connectivity index (χ0v) is 5.82. The van der Waals surface area contributed by atoms with Gasteiger partial charge >= 0.3 is 0 Å². The number of hydrogen-bond acceptors (Lipinski definition) is 3. The molecule has 0 saturated carbocycles. The first-order chi connectivity index (χ1) is 3.91. The SMILES string of the molecule is OCCNCCCS. The molecule has 0 aliphatic heterocycles. The van der Waals surface area contributed by atoms with E-state index in [9.17, 15) is 0 Å². The minimum atomic E-state index is 0.229. The highest BCUT2D eigenvalue weighted by Gasteiger charge is 1.81. The molecule has 0 saturated heterocycles. The number of nitrogens with one attached hydrogen (secondary N) is 1. The second-order valence-electron chi connectivity index (χ2n) is 1.55. The van der Waals surface area contributed by atoms with Gasteiger partial charge in [-0.05, 0) is 18.7 Å². The Labute approximate surface area is 55.7 Å². The van der Waals surface area contributed by atoms with E-state index in [0.717, 1.165) is 18.7 Å². The maximum Gasteiger partial charge on any atom is 0.0555 e. The summed E-state index contributed by atoms with van der Waals surface area (Å²) in [6.07, 6.45) is 1.07. The van der Waals surface area contributed by atoms with Crippen molar-refractivity contribution in [1.29, 1.82) is 0 Å². The third-order valence-electron chi connectivity index (χ3n) is 0.800. The van der Waals surface area contributed by atoms with Crippen molar-refractivity contribution in [1.82, 2.24) is 5.32 Å². The van der Waals surface area contributed by atoms with Crippen LogP contribution in [0.2, 0.25) is 0 Å². The molecule has 0 aromatic heterocycles. The molecular formula is C5H13NOS. The number of hydrogen-bond donors (Lipinski definition) is 3. The molecule has 0 bridgehead atoms. The number of rotatable bonds is 5. The Morgan fingerprint density at radius 1 is 1.38 bits per heavy atom. The van der Waals surface area contributed by atoms with Gasteiger partial charge < -0.3 is 10.4 Å². The molecular weight excluding hydrogens is 122 g/mol. The minimum absolute atomic E-state index is 0.229. The minimum Gasteiger partial charge on any atom is -0.395 e. The van der Waals surface area contributed by atoms with Gasteiger partial charge in [0, 0.05) is 6.54 Å². The van der Waals surface area contributed by atoms with Crippen molar-refractivity contribution in [3.63, 3.8) is 0 Å². The molecule has 0 radical (unpaired) electrons. The Kier molecular flexibility index (Phi) is 7.52. The molecule has 0 heterocycles. The fourth-order valence-electron chi connectivity index (χ4n) is 0.408. The number of thiol groups is 1. The van der Waals surface area contributed by atoms with E-state index in [-0.39, 0.29) is 6.61 Å². The normalized spacial score (nSPS) is 9.75. The Balaban J connectivity index is 2.53. The van der Waals surface area contributed by atoms with E-state index < -0.39 is 0 Å². The van der Waals surface area contributed by atoms with E-state index in [2.05, 4.69) is 17.9 Å². The average molecular weight is 135 g/mol. The molecule has 0 aliphatic carbocycles. The van der Waals surface area contributed by atoms with Gasteiger partial charge in [0.2, 0.25) is 0 Å². The molecule has 8 heavy (non-hydrogen) atoms. The van der Waals surface area contributed by atoms with Crippen molar-refractivity contribution in [2.24, 2.45) is 0 Å². The van der Waals surface area contributed by atoms with Gasteiger partial charge in [-0.15, -0.1) is 0 Å². The molecule has 0 unspecified atom stereocenters. The molecule has 0 fully saturated rings. The molecule has 0 spiro atoms. The first-order valence-electron chi connectivity index (χ1n) is 2.84. The summed E-state index contributed by atoms with van der Waals surface area (Å²) in [6, 6.07) is 0. The smallest absolute Gasteiger partial charge is 0.0555 e. The van der Waals surface area contributed by atoms with Gasteiger partial charge in [0.1, 0.15) is 0 Å². The topological polar surface area (TPSA) is 32.3 Å². The lowest BCUT2D eigenvalue weighted by Gasteiger charge is -1.97. The van der Waals surface area contributed by atoms with Crippen LogP contribution in [0.5, 0.6) is 0 Å². The summed E-state index contributed by atoms with van der Waals surface area (Å²) in [5, 5.41) is 11.3. The van der Waals surface area contributed by atoms with Gasteiger partial charge in [-0.25, -0.2) is 0 Å². The highest BCUT2D eigenvalue weighted by Crippen LogP contribution is 1.78. The van der Waals surface area contributed by atoms with Crippen LogP contribution < -0.4 is 5.32 Å². The van der Waals surface area contributed by atoms with Crippen LogP contribution in [0, 0.1) is 0 Å². The first-order valence-corrected chi connectivity index (χ1v) is 3.47. The van der Waals surface area contributed by atoms with Crippen LogP contribution in [0.25, 0.3) is 0 Å². The fourth-order valence-corrected chi connectivity index (χ4v) is 0.566. The average Bonchev–Trinajstić information content (AvgIpc) is 1.81. The van der Waals surface area contributed by atoms with Gasteiger partial charge in [-0.1, -0.05) is 0 Å². The van der Waals surface area contributed by atoms with Crippen LogP contribution >= 0.6 is 12.6 Å². The summed E-state index contributed by atoms with van der Waals surface area (Å²) in [7, 11) is 0. The lowest BCUT2D eigenvalue weighted by Crippen LogP contribution is -2.19. The number of aliphatic hydroxyl groups is 1. The Morgan fingerprint density at radius 2 is 2.12 bits per heavy atom. The molecule has 0 aromatic rings. The van der Waals surface area contributed by atoms with Crippen LogP contribution in [-0.4, -0.2) is 30.6 Å². The molecule has 2 N–H and O–H groups in total. The van der Waals surface area contributed by atoms with E-state index >= 15 is 0 Å². The van der Waals surface area contributed by atoms with Crippen molar-refractivity contribution >= 4 is 12.6 Å². The fraction of sp³-hybridized carbons (Fsp3) is 1.00. The van der Waals surface area contributed by atoms with Crippen LogP contribution in [0.1, 0.15) is 6.42 Å². The van der Waals surface area contributed by atoms with E-state index in [1.807, 2.05) is 0 Å². The maximum absolute atomic E-state index is 8.28. The zero-order chi connectivity index (χ0) is 6.24. The van der Waals surface area contributed by atoms with Crippen LogP contribution in [0.4, 0.5) is 0 Å². The Morgan fingerprint density at radius 3 is 2.62 bits per heavy atom. The summed E-state index contributed by atoms with van der Waals surface area (Å²) in [6.45, 7) is 1.89. The third kappa shape index (κ3) is 6.27. The molecule has 0 aliphatic rings. The van der Waals surface area contributed by atoms with E-state index in [4.69, 9.17) is 5.11 Å². The van der Waals surface area contributed by atoms with Gasteiger partial charge in [0.05, 0.1) is 6.61 Å². The van der Waals surface area contributed by atoms with Crippen molar-refractivity contribution in [3.05, 3.63) is 0 Å². The molecule has 0 aromatic carbocycles. The lowest BCUT2D eigenvalue weighted by atomic mass is 10.5. The summed E-state index contributed by atoms with van der Waals surface area (Å²) in [4.78, 5) is 0. The van der Waals surface area contributed by atoms with E-state index in [1.165, 1.54) is 0 Å². The van der Waals surface area contributed by atoms with Gasteiger partial charge in [0.15, 0.2) is 0 Å². The van der Waals surface area contributed by atoms with E-state index in [0.29, 0.717) is 6.54 Å².